The third-order valence-corrected chi connectivity index (χ3v) is 4.64. The number of hydrogen-bond acceptors (Lipinski definition) is 2. The van der Waals surface area contributed by atoms with Crippen LogP contribution in [0.3, 0.4) is 0 Å². The van der Waals surface area contributed by atoms with Crippen LogP contribution in [0.4, 0.5) is 0 Å². The first kappa shape index (κ1) is 18.5. The van der Waals surface area contributed by atoms with Crippen LogP contribution in [0.15, 0.2) is 115 Å². The summed E-state index contributed by atoms with van der Waals surface area (Å²) in [6.45, 7) is 0. The standard InChI is InChI=1S/C26H21NO2/c28-26(22-16-18-24(19-17-22)29-23-14-8-3-9-15-23)27-25(20-10-4-1-5-11-20)21-12-6-2-7-13-21/h1-19,25H,(H,27,28). The molecule has 4 rings (SSSR count). The lowest BCUT2D eigenvalue weighted by Crippen LogP contribution is -2.29. The molecule has 0 bridgehead atoms. The highest BCUT2D eigenvalue weighted by molar-refractivity contribution is 5.94. The first-order valence-corrected chi connectivity index (χ1v) is 9.53. The molecule has 0 radical (unpaired) electrons. The molecule has 0 saturated heterocycles. The fraction of sp³-hybridized carbons (Fsp3) is 0.0385. The third-order valence-electron chi connectivity index (χ3n) is 4.64. The molecule has 3 heteroatoms. The Morgan fingerprint density at radius 1 is 0.586 bits per heavy atom. The smallest absolute Gasteiger partial charge is 0.252 e. The maximum absolute atomic E-state index is 12.9. The first-order chi connectivity index (χ1) is 14.3. The van der Waals surface area contributed by atoms with Gasteiger partial charge in [0.15, 0.2) is 0 Å². The second-order valence-corrected chi connectivity index (χ2v) is 6.67. The van der Waals surface area contributed by atoms with Gasteiger partial charge in [-0.15, -0.1) is 0 Å². The van der Waals surface area contributed by atoms with Crippen LogP contribution in [0.25, 0.3) is 0 Å². The van der Waals surface area contributed by atoms with Gasteiger partial charge in [0, 0.05) is 5.56 Å². The van der Waals surface area contributed by atoms with E-state index in [9.17, 15) is 4.79 Å². The van der Waals surface area contributed by atoms with Crippen LogP contribution in [-0.2, 0) is 0 Å². The minimum absolute atomic E-state index is 0.131. The molecule has 0 aliphatic carbocycles. The number of nitrogens with one attached hydrogen (secondary N) is 1. The third kappa shape index (κ3) is 4.71. The van der Waals surface area contributed by atoms with Crippen LogP contribution >= 0.6 is 0 Å². The van der Waals surface area contributed by atoms with Crippen molar-refractivity contribution in [2.45, 2.75) is 6.04 Å². The van der Waals surface area contributed by atoms with Crippen molar-refractivity contribution in [1.29, 1.82) is 0 Å². The average molecular weight is 379 g/mol. The number of hydrogen-bond donors (Lipinski definition) is 1. The van der Waals surface area contributed by atoms with Gasteiger partial charge in [-0.3, -0.25) is 4.79 Å². The van der Waals surface area contributed by atoms with Gasteiger partial charge in [0.05, 0.1) is 6.04 Å². The fourth-order valence-electron chi connectivity index (χ4n) is 3.16. The van der Waals surface area contributed by atoms with Crippen LogP contribution in [0.2, 0.25) is 0 Å². The summed E-state index contributed by atoms with van der Waals surface area (Å²) in [7, 11) is 0. The molecular weight excluding hydrogens is 358 g/mol. The van der Waals surface area contributed by atoms with E-state index in [2.05, 4.69) is 5.32 Å². The van der Waals surface area contributed by atoms with Crippen LogP contribution in [-0.4, -0.2) is 5.91 Å². The second kappa shape index (κ2) is 8.89. The molecule has 0 fully saturated rings. The quantitative estimate of drug-likeness (QED) is 0.446. The van der Waals surface area contributed by atoms with E-state index in [-0.39, 0.29) is 11.9 Å². The fourth-order valence-corrected chi connectivity index (χ4v) is 3.16. The Balaban J connectivity index is 1.52. The lowest BCUT2D eigenvalue weighted by Gasteiger charge is -2.20. The van der Waals surface area contributed by atoms with Gasteiger partial charge in [-0.25, -0.2) is 0 Å². The Kier molecular flexibility index (Phi) is 5.68. The number of carbonyl (C=O) groups excluding carboxylic acids is 1. The highest BCUT2D eigenvalue weighted by atomic mass is 16.5. The van der Waals surface area contributed by atoms with Crippen molar-refractivity contribution in [2.24, 2.45) is 0 Å². The molecule has 1 N–H and O–H groups in total. The summed E-state index contributed by atoms with van der Waals surface area (Å²) in [4.78, 5) is 12.9. The van der Waals surface area contributed by atoms with E-state index in [4.69, 9.17) is 4.74 Å². The molecule has 0 heterocycles. The van der Waals surface area contributed by atoms with E-state index in [1.54, 1.807) is 12.1 Å². The Bertz CT molecular complexity index is 1010. The van der Waals surface area contributed by atoms with Crippen LogP contribution in [0.5, 0.6) is 11.5 Å². The molecule has 0 aliphatic heterocycles. The zero-order valence-electron chi connectivity index (χ0n) is 15.9. The maximum atomic E-state index is 12.9. The van der Waals surface area contributed by atoms with Gasteiger partial charge in [-0.05, 0) is 47.5 Å². The molecule has 0 saturated carbocycles. The van der Waals surface area contributed by atoms with E-state index in [0.29, 0.717) is 11.3 Å². The van der Waals surface area contributed by atoms with E-state index in [1.807, 2.05) is 103 Å². The average Bonchev–Trinajstić information content (AvgIpc) is 2.80. The van der Waals surface area contributed by atoms with Crippen molar-refractivity contribution in [3.8, 4) is 11.5 Å². The van der Waals surface area contributed by atoms with Gasteiger partial charge in [0.2, 0.25) is 0 Å². The van der Waals surface area contributed by atoms with Gasteiger partial charge in [0.1, 0.15) is 11.5 Å². The lowest BCUT2D eigenvalue weighted by molar-refractivity contribution is 0.0943. The molecule has 0 spiro atoms. The van der Waals surface area contributed by atoms with Crippen molar-refractivity contribution >= 4 is 5.91 Å². The number of para-hydroxylation sites is 1. The molecule has 0 aliphatic rings. The molecule has 142 valence electrons. The maximum Gasteiger partial charge on any atom is 0.252 e. The summed E-state index contributed by atoms with van der Waals surface area (Å²) in [6.07, 6.45) is 0. The van der Waals surface area contributed by atoms with Gasteiger partial charge in [0.25, 0.3) is 5.91 Å². The second-order valence-electron chi connectivity index (χ2n) is 6.67. The Hall–Kier alpha value is -3.85. The lowest BCUT2D eigenvalue weighted by atomic mass is 9.98. The van der Waals surface area contributed by atoms with Gasteiger partial charge >= 0.3 is 0 Å². The van der Waals surface area contributed by atoms with Gasteiger partial charge in [-0.2, -0.15) is 0 Å². The molecular formula is C26H21NO2. The molecule has 1 amide bonds. The van der Waals surface area contributed by atoms with E-state index >= 15 is 0 Å². The van der Waals surface area contributed by atoms with Crippen molar-refractivity contribution < 1.29 is 9.53 Å². The summed E-state index contributed by atoms with van der Waals surface area (Å²) in [5.74, 6) is 1.32. The van der Waals surface area contributed by atoms with Crippen LogP contribution < -0.4 is 10.1 Å². The Morgan fingerprint density at radius 2 is 1.03 bits per heavy atom. The molecule has 0 aromatic heterocycles. The summed E-state index contributed by atoms with van der Waals surface area (Å²) >= 11 is 0. The SMILES string of the molecule is O=C(NC(c1ccccc1)c1ccccc1)c1ccc(Oc2ccccc2)cc1. The highest BCUT2D eigenvalue weighted by Crippen LogP contribution is 2.24. The summed E-state index contributed by atoms with van der Waals surface area (Å²) < 4.78 is 5.80. The van der Waals surface area contributed by atoms with Crippen LogP contribution in [0.1, 0.15) is 27.5 Å². The van der Waals surface area contributed by atoms with Crippen molar-refractivity contribution in [3.63, 3.8) is 0 Å². The first-order valence-electron chi connectivity index (χ1n) is 9.53. The summed E-state index contributed by atoms with van der Waals surface area (Å²) in [5, 5.41) is 3.16. The summed E-state index contributed by atoms with van der Waals surface area (Å²) in [5.41, 5.74) is 2.66. The normalized spacial score (nSPS) is 10.5. The largest absolute Gasteiger partial charge is 0.457 e. The molecule has 4 aromatic rings. The summed E-state index contributed by atoms with van der Waals surface area (Å²) in [6, 6.07) is 36.5. The van der Waals surface area contributed by atoms with Crippen molar-refractivity contribution in [1.82, 2.24) is 5.32 Å². The van der Waals surface area contributed by atoms with Gasteiger partial charge < -0.3 is 10.1 Å². The molecule has 29 heavy (non-hydrogen) atoms. The van der Waals surface area contributed by atoms with E-state index in [0.717, 1.165) is 16.9 Å². The zero-order chi connectivity index (χ0) is 19.9. The molecule has 0 atom stereocenters. The number of amides is 1. The molecule has 3 nitrogen and oxygen atoms in total. The van der Waals surface area contributed by atoms with E-state index < -0.39 is 0 Å². The van der Waals surface area contributed by atoms with Crippen molar-refractivity contribution in [3.05, 3.63) is 132 Å². The minimum Gasteiger partial charge on any atom is -0.457 e. The number of carbonyl (C=O) groups is 1. The minimum atomic E-state index is -0.217. The van der Waals surface area contributed by atoms with Gasteiger partial charge in [-0.1, -0.05) is 78.9 Å². The predicted molar refractivity (Wildman–Crippen MR) is 115 cm³/mol. The zero-order valence-corrected chi connectivity index (χ0v) is 15.9. The number of rotatable bonds is 6. The predicted octanol–water partition coefficient (Wildman–Crippen LogP) is 6.00. The number of ether oxygens (including phenoxy) is 1. The number of benzene rings is 4. The monoisotopic (exact) mass is 379 g/mol. The highest BCUT2D eigenvalue weighted by Gasteiger charge is 2.17. The van der Waals surface area contributed by atoms with Crippen LogP contribution in [0, 0.1) is 0 Å². The Morgan fingerprint density at radius 3 is 1.55 bits per heavy atom. The topological polar surface area (TPSA) is 38.3 Å². The molecule has 4 aromatic carbocycles. The molecule has 0 unspecified atom stereocenters. The van der Waals surface area contributed by atoms with Crippen molar-refractivity contribution in [2.75, 3.05) is 0 Å². The van der Waals surface area contributed by atoms with E-state index in [1.165, 1.54) is 0 Å². The Labute approximate surface area is 170 Å².